The van der Waals surface area contributed by atoms with Gasteiger partial charge in [-0.25, -0.2) is 18.4 Å². The number of pyridine rings is 1. The van der Waals surface area contributed by atoms with Crippen LogP contribution in [0.2, 0.25) is 0 Å². The van der Waals surface area contributed by atoms with Gasteiger partial charge in [0.1, 0.15) is 17.1 Å². The van der Waals surface area contributed by atoms with Crippen LogP contribution in [-0.2, 0) is 28.4 Å². The van der Waals surface area contributed by atoms with Gasteiger partial charge in [-0.3, -0.25) is 0 Å². The Kier molecular flexibility index (Phi) is 5.39. The average molecular weight is 417 g/mol. The van der Waals surface area contributed by atoms with Gasteiger partial charge in [0, 0.05) is 44.4 Å². The van der Waals surface area contributed by atoms with Gasteiger partial charge in [0.05, 0.1) is 43.3 Å². The van der Waals surface area contributed by atoms with Crippen LogP contribution >= 0.6 is 0 Å². The third-order valence-electron chi connectivity index (χ3n) is 4.94. The number of fused-ring (bicyclic) bond motifs is 1. The predicted octanol–water partition coefficient (Wildman–Crippen LogP) is 1.61. The highest BCUT2D eigenvalue weighted by Gasteiger charge is 2.27. The van der Waals surface area contributed by atoms with E-state index >= 15 is 0 Å². The quantitative estimate of drug-likeness (QED) is 0.651. The number of sulfonamides is 1. The molecule has 29 heavy (non-hydrogen) atoms. The monoisotopic (exact) mass is 417 g/mol. The molecule has 1 aromatic carbocycles. The topological polar surface area (TPSA) is 98.6 Å². The molecule has 0 spiro atoms. The van der Waals surface area contributed by atoms with Crippen LogP contribution in [0.1, 0.15) is 5.56 Å². The molecule has 0 amide bonds. The third-order valence-corrected chi connectivity index (χ3v) is 6.83. The molecule has 4 rings (SSSR count). The first-order valence-corrected chi connectivity index (χ1v) is 10.7. The van der Waals surface area contributed by atoms with Gasteiger partial charge in [-0.2, -0.15) is 4.31 Å². The number of aromatic nitrogens is 3. The summed E-state index contributed by atoms with van der Waals surface area (Å²) >= 11 is 0. The SMILES string of the molecule is COc1cc(S(=O)(=O)N2CCOCC2)ccc1CNc1cc2c(cn1)ncn2C. The predicted molar refractivity (Wildman–Crippen MR) is 108 cm³/mol. The number of morpholine rings is 1. The maximum Gasteiger partial charge on any atom is 0.243 e. The number of methoxy groups -OCH3 is 1. The Bertz CT molecular complexity index is 1120. The highest BCUT2D eigenvalue weighted by atomic mass is 32.2. The van der Waals surface area contributed by atoms with E-state index in [-0.39, 0.29) is 4.90 Å². The number of ether oxygens (including phenoxy) is 2. The number of anilines is 1. The van der Waals surface area contributed by atoms with Gasteiger partial charge >= 0.3 is 0 Å². The van der Waals surface area contributed by atoms with E-state index in [0.29, 0.717) is 44.4 Å². The molecule has 0 radical (unpaired) electrons. The molecule has 1 fully saturated rings. The van der Waals surface area contributed by atoms with Gasteiger partial charge in [0.15, 0.2) is 0 Å². The number of hydrogen-bond donors (Lipinski definition) is 1. The first-order chi connectivity index (χ1) is 14.0. The normalized spacial score (nSPS) is 15.5. The minimum atomic E-state index is -3.57. The zero-order chi connectivity index (χ0) is 20.4. The largest absolute Gasteiger partial charge is 0.496 e. The number of benzene rings is 1. The number of hydrogen-bond acceptors (Lipinski definition) is 7. The van der Waals surface area contributed by atoms with E-state index in [2.05, 4.69) is 15.3 Å². The second kappa shape index (κ2) is 7.97. The smallest absolute Gasteiger partial charge is 0.243 e. The molecular weight excluding hydrogens is 394 g/mol. The molecule has 0 aliphatic carbocycles. The van der Waals surface area contributed by atoms with Gasteiger partial charge in [0.25, 0.3) is 0 Å². The second-order valence-electron chi connectivity index (χ2n) is 6.76. The van der Waals surface area contributed by atoms with Crippen LogP contribution in [0, 0.1) is 0 Å². The summed E-state index contributed by atoms with van der Waals surface area (Å²) in [6.07, 6.45) is 3.46. The van der Waals surface area contributed by atoms with Crippen LogP contribution in [0.4, 0.5) is 5.82 Å². The minimum Gasteiger partial charge on any atom is -0.496 e. The molecule has 1 N–H and O–H groups in total. The van der Waals surface area contributed by atoms with Gasteiger partial charge in [0.2, 0.25) is 10.0 Å². The van der Waals surface area contributed by atoms with E-state index in [1.165, 1.54) is 11.4 Å². The molecule has 3 heterocycles. The zero-order valence-electron chi connectivity index (χ0n) is 16.3. The summed E-state index contributed by atoms with van der Waals surface area (Å²) in [6.45, 7) is 1.97. The van der Waals surface area contributed by atoms with E-state index in [0.717, 1.165) is 16.6 Å². The Morgan fingerprint density at radius 3 is 2.76 bits per heavy atom. The van der Waals surface area contributed by atoms with Crippen LogP contribution in [-0.4, -0.2) is 60.7 Å². The molecule has 3 aromatic rings. The molecule has 1 saturated heterocycles. The van der Waals surface area contributed by atoms with E-state index in [1.54, 1.807) is 30.7 Å². The fourth-order valence-electron chi connectivity index (χ4n) is 3.28. The van der Waals surface area contributed by atoms with Gasteiger partial charge in [-0.05, 0) is 6.07 Å². The van der Waals surface area contributed by atoms with E-state index in [9.17, 15) is 8.42 Å². The fraction of sp³-hybridized carbons (Fsp3) is 0.368. The Morgan fingerprint density at radius 1 is 1.21 bits per heavy atom. The highest BCUT2D eigenvalue weighted by Crippen LogP contribution is 2.26. The third kappa shape index (κ3) is 3.91. The lowest BCUT2D eigenvalue weighted by Gasteiger charge is -2.26. The first-order valence-electron chi connectivity index (χ1n) is 9.25. The average Bonchev–Trinajstić information content (AvgIpc) is 3.13. The summed E-state index contributed by atoms with van der Waals surface area (Å²) in [5.41, 5.74) is 2.63. The number of aryl methyl sites for hydroxylation is 1. The molecular formula is C19H23N5O4S. The molecule has 0 saturated carbocycles. The molecule has 9 nitrogen and oxygen atoms in total. The van der Waals surface area contributed by atoms with E-state index in [4.69, 9.17) is 9.47 Å². The summed E-state index contributed by atoms with van der Waals surface area (Å²) in [7, 11) is -0.112. The Labute approximate surface area is 169 Å². The highest BCUT2D eigenvalue weighted by molar-refractivity contribution is 7.89. The zero-order valence-corrected chi connectivity index (χ0v) is 17.1. The first kappa shape index (κ1) is 19.6. The molecule has 1 aliphatic heterocycles. The Balaban J connectivity index is 1.54. The summed E-state index contributed by atoms with van der Waals surface area (Å²) in [4.78, 5) is 8.84. The molecule has 0 atom stereocenters. The van der Waals surface area contributed by atoms with Crippen molar-refractivity contribution in [3.63, 3.8) is 0 Å². The van der Waals surface area contributed by atoms with Crippen molar-refractivity contribution in [2.45, 2.75) is 11.4 Å². The van der Waals surface area contributed by atoms with Crippen LogP contribution < -0.4 is 10.1 Å². The van der Waals surface area contributed by atoms with Gasteiger partial charge in [-0.15, -0.1) is 0 Å². The lowest BCUT2D eigenvalue weighted by Crippen LogP contribution is -2.40. The van der Waals surface area contributed by atoms with Crippen molar-refractivity contribution in [2.75, 3.05) is 38.7 Å². The molecule has 0 unspecified atom stereocenters. The summed E-state index contributed by atoms with van der Waals surface area (Å²) in [6, 6.07) is 6.87. The lowest BCUT2D eigenvalue weighted by atomic mass is 10.2. The number of nitrogens with zero attached hydrogens (tertiary/aromatic N) is 4. The van der Waals surface area contributed by atoms with Crippen molar-refractivity contribution in [1.29, 1.82) is 0 Å². The summed E-state index contributed by atoms with van der Waals surface area (Å²) < 4.78 is 39.8. The van der Waals surface area contributed by atoms with Crippen LogP contribution in [0.5, 0.6) is 5.75 Å². The van der Waals surface area contributed by atoms with Crippen molar-refractivity contribution >= 4 is 26.9 Å². The van der Waals surface area contributed by atoms with Crippen molar-refractivity contribution in [3.05, 3.63) is 42.4 Å². The Morgan fingerprint density at radius 2 is 2.00 bits per heavy atom. The molecule has 0 bridgehead atoms. The number of nitrogens with one attached hydrogen (secondary N) is 1. The summed E-state index contributed by atoms with van der Waals surface area (Å²) in [5, 5.41) is 3.26. The summed E-state index contributed by atoms with van der Waals surface area (Å²) in [5.74, 6) is 1.21. The van der Waals surface area contributed by atoms with E-state index < -0.39 is 10.0 Å². The standard InChI is InChI=1S/C19H23N5O4S/c1-23-13-22-16-12-21-19(10-17(16)23)20-11-14-3-4-15(9-18(14)27-2)29(25,26)24-5-7-28-8-6-24/h3-4,9-10,12-13H,5-8,11H2,1-2H3,(H,20,21). The number of imidazole rings is 1. The molecule has 154 valence electrons. The van der Waals surface area contributed by atoms with Crippen LogP contribution in [0.15, 0.2) is 41.7 Å². The van der Waals surface area contributed by atoms with Crippen molar-refractivity contribution in [3.8, 4) is 5.75 Å². The van der Waals surface area contributed by atoms with Gasteiger partial charge in [-0.1, -0.05) is 6.07 Å². The molecule has 10 heteroatoms. The van der Waals surface area contributed by atoms with Crippen molar-refractivity contribution in [1.82, 2.24) is 18.8 Å². The van der Waals surface area contributed by atoms with Gasteiger partial charge < -0.3 is 19.4 Å². The Hall–Kier alpha value is -2.69. The van der Waals surface area contributed by atoms with E-state index in [1.807, 2.05) is 17.7 Å². The van der Waals surface area contributed by atoms with Crippen molar-refractivity contribution in [2.24, 2.45) is 7.05 Å². The minimum absolute atomic E-state index is 0.217. The maximum absolute atomic E-state index is 12.9. The molecule has 1 aliphatic rings. The van der Waals surface area contributed by atoms with Crippen LogP contribution in [0.25, 0.3) is 11.0 Å². The lowest BCUT2D eigenvalue weighted by molar-refractivity contribution is 0.0730. The van der Waals surface area contributed by atoms with Crippen molar-refractivity contribution < 1.29 is 17.9 Å². The number of rotatable bonds is 6. The maximum atomic E-state index is 12.9. The fourth-order valence-corrected chi connectivity index (χ4v) is 4.70. The second-order valence-corrected chi connectivity index (χ2v) is 8.70. The van der Waals surface area contributed by atoms with Crippen LogP contribution in [0.3, 0.4) is 0 Å². The molecule has 2 aromatic heterocycles.